The first kappa shape index (κ1) is 27.2. The van der Waals surface area contributed by atoms with Gasteiger partial charge in [-0.05, 0) is 50.6 Å². The fourth-order valence-corrected chi connectivity index (χ4v) is 3.99. The van der Waals surface area contributed by atoms with Crippen LogP contribution in [-0.2, 0) is 18.9 Å². The Kier molecular flexibility index (Phi) is 7.80. The number of aromatic nitrogens is 2. The van der Waals surface area contributed by atoms with Crippen molar-refractivity contribution in [1.29, 1.82) is 0 Å². The molecule has 11 heteroatoms. The predicted molar refractivity (Wildman–Crippen MR) is 122 cm³/mol. The number of fused-ring (bicyclic) bond motifs is 1. The van der Waals surface area contributed by atoms with Crippen molar-refractivity contribution in [2.45, 2.75) is 58.6 Å². The van der Waals surface area contributed by atoms with Gasteiger partial charge in [-0.3, -0.25) is 14.2 Å². The van der Waals surface area contributed by atoms with Crippen LogP contribution in [0.1, 0.15) is 67.0 Å². The molecular formula is C25H25F6N3O2. The number of halogens is 6. The molecule has 1 unspecified atom stereocenters. The highest BCUT2D eigenvalue weighted by Gasteiger charge is 2.38. The molecule has 3 rings (SSSR count). The van der Waals surface area contributed by atoms with Crippen LogP contribution in [0.5, 0.6) is 0 Å². The summed E-state index contributed by atoms with van der Waals surface area (Å²) in [6.07, 6.45) is -9.12. The number of para-hydroxylation sites is 1. The molecule has 0 aliphatic rings. The molecule has 0 fully saturated rings. The molecular weight excluding hydrogens is 488 g/mol. The smallest absolute Gasteiger partial charge is 0.329 e. The normalized spacial score (nSPS) is 13.1. The van der Waals surface area contributed by atoms with Gasteiger partial charge in [0, 0.05) is 18.7 Å². The van der Waals surface area contributed by atoms with Crippen LogP contribution < -0.4 is 5.56 Å². The lowest BCUT2D eigenvalue weighted by atomic mass is 10.0. The van der Waals surface area contributed by atoms with E-state index < -0.39 is 41.0 Å². The van der Waals surface area contributed by atoms with Crippen LogP contribution in [0.25, 0.3) is 10.9 Å². The summed E-state index contributed by atoms with van der Waals surface area (Å²) in [6.45, 7) is 5.33. The number of rotatable bonds is 7. The molecule has 0 spiro atoms. The van der Waals surface area contributed by atoms with Crippen LogP contribution in [0, 0.1) is 0 Å². The average Bonchev–Trinajstić information content (AvgIpc) is 2.82. The van der Waals surface area contributed by atoms with Crippen molar-refractivity contribution >= 4 is 16.8 Å². The Hall–Kier alpha value is -3.37. The van der Waals surface area contributed by atoms with E-state index in [9.17, 15) is 35.9 Å². The second-order valence-electron chi connectivity index (χ2n) is 8.36. The molecule has 1 amide bonds. The van der Waals surface area contributed by atoms with E-state index in [0.717, 1.165) is 0 Å². The molecule has 0 aliphatic heterocycles. The van der Waals surface area contributed by atoms with Gasteiger partial charge in [0.15, 0.2) is 0 Å². The van der Waals surface area contributed by atoms with Gasteiger partial charge in [0.25, 0.3) is 11.5 Å². The second kappa shape index (κ2) is 10.3. The molecule has 0 N–H and O–H groups in total. The quantitative estimate of drug-likeness (QED) is 0.341. The van der Waals surface area contributed by atoms with Gasteiger partial charge in [-0.1, -0.05) is 25.5 Å². The molecule has 1 atom stereocenters. The van der Waals surface area contributed by atoms with E-state index in [2.05, 4.69) is 4.98 Å². The Balaban J connectivity index is 2.17. The third kappa shape index (κ3) is 5.55. The lowest BCUT2D eigenvalue weighted by Crippen LogP contribution is -2.38. The summed E-state index contributed by atoms with van der Waals surface area (Å²) in [5.74, 6) is -0.828. The molecule has 0 aliphatic carbocycles. The van der Waals surface area contributed by atoms with Gasteiger partial charge in [0.05, 0.1) is 28.1 Å². The fourth-order valence-electron chi connectivity index (χ4n) is 3.99. The standard InChI is InChI=1S/C25H25F6N3O2/c1-4-6-11-34(15(3)21-32-20-10-8-7-9-19(20)23(36)33(21)5-2)22(35)16-12-17(24(26,27)28)14-18(13-16)25(29,30)31/h7-10,12-15H,4-6,11H2,1-3H3. The third-order valence-corrected chi connectivity index (χ3v) is 5.90. The summed E-state index contributed by atoms with van der Waals surface area (Å²) in [4.78, 5) is 32.2. The average molecular weight is 513 g/mol. The molecule has 194 valence electrons. The summed E-state index contributed by atoms with van der Waals surface area (Å²) in [5.41, 5.74) is -3.87. The summed E-state index contributed by atoms with van der Waals surface area (Å²) in [6, 6.07) is 6.49. The predicted octanol–water partition coefficient (Wildman–Crippen LogP) is 6.46. The molecule has 0 radical (unpaired) electrons. The maximum atomic E-state index is 13.4. The molecule has 0 saturated carbocycles. The zero-order valence-corrected chi connectivity index (χ0v) is 19.9. The summed E-state index contributed by atoms with van der Waals surface area (Å²) >= 11 is 0. The van der Waals surface area contributed by atoms with Crippen molar-refractivity contribution < 1.29 is 31.1 Å². The Morgan fingerprint density at radius 2 is 1.58 bits per heavy atom. The highest BCUT2D eigenvalue weighted by atomic mass is 19.4. The van der Waals surface area contributed by atoms with Crippen LogP contribution in [0.2, 0.25) is 0 Å². The molecule has 0 bridgehead atoms. The number of amides is 1. The number of benzene rings is 2. The van der Waals surface area contributed by atoms with Gasteiger partial charge in [-0.2, -0.15) is 26.3 Å². The van der Waals surface area contributed by atoms with Crippen LogP contribution in [-0.4, -0.2) is 26.9 Å². The van der Waals surface area contributed by atoms with Crippen LogP contribution in [0.15, 0.2) is 47.3 Å². The SMILES string of the molecule is CCCCN(C(=O)c1cc(C(F)(F)F)cc(C(F)(F)F)c1)C(C)c1nc2ccccc2c(=O)n1CC. The van der Waals surface area contributed by atoms with Crippen molar-refractivity contribution in [2.24, 2.45) is 0 Å². The summed E-state index contributed by atoms with van der Waals surface area (Å²) in [7, 11) is 0. The van der Waals surface area contributed by atoms with Crippen molar-refractivity contribution in [3.8, 4) is 0 Å². The molecule has 36 heavy (non-hydrogen) atoms. The molecule has 1 heterocycles. The van der Waals surface area contributed by atoms with Crippen LogP contribution in [0.4, 0.5) is 26.3 Å². The number of hydrogen-bond donors (Lipinski definition) is 0. The Labute approximate surface area is 203 Å². The van der Waals surface area contributed by atoms with Crippen LogP contribution in [0.3, 0.4) is 0 Å². The summed E-state index contributed by atoms with van der Waals surface area (Å²) in [5, 5.41) is 0.356. The zero-order valence-electron chi connectivity index (χ0n) is 19.9. The maximum absolute atomic E-state index is 13.4. The fraction of sp³-hybridized carbons (Fsp3) is 0.400. The van der Waals surface area contributed by atoms with E-state index in [0.29, 0.717) is 35.9 Å². The van der Waals surface area contributed by atoms with E-state index in [1.807, 2.05) is 6.92 Å². The number of alkyl halides is 6. The number of carbonyl (C=O) groups is 1. The van der Waals surface area contributed by atoms with E-state index >= 15 is 0 Å². The number of nitrogens with zero attached hydrogens (tertiary/aromatic N) is 3. The molecule has 5 nitrogen and oxygen atoms in total. The lowest BCUT2D eigenvalue weighted by Gasteiger charge is -2.31. The van der Waals surface area contributed by atoms with Gasteiger partial charge in [0.2, 0.25) is 0 Å². The minimum Gasteiger partial charge on any atom is -0.329 e. The van der Waals surface area contributed by atoms with Crippen molar-refractivity contribution in [2.75, 3.05) is 6.54 Å². The first-order valence-electron chi connectivity index (χ1n) is 11.4. The van der Waals surface area contributed by atoms with E-state index in [4.69, 9.17) is 0 Å². The highest BCUT2D eigenvalue weighted by molar-refractivity contribution is 5.95. The third-order valence-electron chi connectivity index (χ3n) is 5.90. The van der Waals surface area contributed by atoms with E-state index in [1.165, 1.54) is 9.47 Å². The van der Waals surface area contributed by atoms with Crippen LogP contribution >= 0.6 is 0 Å². The number of unbranched alkanes of at least 4 members (excludes halogenated alkanes) is 1. The highest BCUT2D eigenvalue weighted by Crippen LogP contribution is 2.37. The first-order chi connectivity index (χ1) is 16.8. The largest absolute Gasteiger partial charge is 0.416 e. The lowest BCUT2D eigenvalue weighted by molar-refractivity contribution is -0.143. The minimum atomic E-state index is -5.08. The van der Waals surface area contributed by atoms with Crippen molar-refractivity contribution in [1.82, 2.24) is 14.5 Å². The van der Waals surface area contributed by atoms with Gasteiger partial charge in [-0.15, -0.1) is 0 Å². The monoisotopic (exact) mass is 513 g/mol. The molecule has 1 aromatic heterocycles. The van der Waals surface area contributed by atoms with Gasteiger partial charge in [-0.25, -0.2) is 4.98 Å². The van der Waals surface area contributed by atoms with Gasteiger partial charge >= 0.3 is 12.4 Å². The molecule has 2 aromatic carbocycles. The number of hydrogen-bond acceptors (Lipinski definition) is 3. The van der Waals surface area contributed by atoms with Gasteiger partial charge < -0.3 is 4.90 Å². The van der Waals surface area contributed by atoms with E-state index in [1.54, 1.807) is 38.1 Å². The van der Waals surface area contributed by atoms with Crippen molar-refractivity contribution in [3.05, 3.63) is 75.3 Å². The zero-order chi connectivity index (χ0) is 26.8. The Morgan fingerprint density at radius 3 is 2.11 bits per heavy atom. The second-order valence-corrected chi connectivity index (χ2v) is 8.36. The minimum absolute atomic E-state index is 0.0176. The maximum Gasteiger partial charge on any atom is 0.416 e. The Bertz CT molecular complexity index is 1280. The van der Waals surface area contributed by atoms with Gasteiger partial charge in [0.1, 0.15) is 5.82 Å². The number of carbonyl (C=O) groups excluding carboxylic acids is 1. The van der Waals surface area contributed by atoms with E-state index in [-0.39, 0.29) is 30.5 Å². The Morgan fingerprint density at radius 1 is 1.00 bits per heavy atom. The first-order valence-corrected chi connectivity index (χ1v) is 11.4. The summed E-state index contributed by atoms with van der Waals surface area (Å²) < 4.78 is 81.6. The molecule has 0 saturated heterocycles. The topological polar surface area (TPSA) is 55.2 Å². The van der Waals surface area contributed by atoms with Crippen molar-refractivity contribution in [3.63, 3.8) is 0 Å². The molecule has 3 aromatic rings.